The van der Waals surface area contributed by atoms with E-state index >= 15 is 0 Å². The van der Waals surface area contributed by atoms with Crippen LogP contribution in [0.2, 0.25) is 0 Å². The lowest BCUT2D eigenvalue weighted by Crippen LogP contribution is -2.40. The van der Waals surface area contributed by atoms with Crippen LogP contribution in [0, 0.1) is 5.41 Å². The molecule has 0 amide bonds. The van der Waals surface area contributed by atoms with E-state index in [9.17, 15) is 0 Å². The van der Waals surface area contributed by atoms with Crippen molar-refractivity contribution in [1.29, 1.82) is 0 Å². The van der Waals surface area contributed by atoms with Crippen LogP contribution in [0.1, 0.15) is 77.7 Å². The van der Waals surface area contributed by atoms with Gasteiger partial charge in [0.25, 0.3) is 0 Å². The molecule has 1 fully saturated rings. The Morgan fingerprint density at radius 1 is 1.05 bits per heavy atom. The summed E-state index contributed by atoms with van der Waals surface area (Å²) in [6, 6.07) is 8.57. The molecule has 0 spiro atoms. The van der Waals surface area contributed by atoms with Gasteiger partial charge in [0.05, 0.1) is 0 Å². The predicted octanol–water partition coefficient (Wildman–Crippen LogP) is 5.91. The van der Waals surface area contributed by atoms with E-state index in [4.69, 9.17) is 9.47 Å². The highest BCUT2D eigenvalue weighted by molar-refractivity contribution is 5.29. The Labute approximate surface area is 136 Å². The van der Waals surface area contributed by atoms with Crippen molar-refractivity contribution in [3.05, 3.63) is 29.8 Å². The highest BCUT2D eigenvalue weighted by Crippen LogP contribution is 2.41. The smallest absolute Gasteiger partial charge is 0.205 e. The molecule has 1 saturated carbocycles. The van der Waals surface area contributed by atoms with Crippen LogP contribution in [0.3, 0.4) is 0 Å². The maximum atomic E-state index is 6.24. The molecule has 0 radical (unpaired) electrons. The summed E-state index contributed by atoms with van der Waals surface area (Å²) in [5.41, 5.74) is 1.52. The van der Waals surface area contributed by atoms with E-state index in [1.807, 2.05) is 0 Å². The third-order valence-corrected chi connectivity index (χ3v) is 5.19. The summed E-state index contributed by atoms with van der Waals surface area (Å²) in [7, 11) is 0. The first kappa shape index (κ1) is 17.3. The van der Waals surface area contributed by atoms with E-state index in [0.29, 0.717) is 12.5 Å². The molecule has 2 nitrogen and oxygen atoms in total. The third kappa shape index (κ3) is 4.25. The zero-order valence-corrected chi connectivity index (χ0v) is 14.7. The van der Waals surface area contributed by atoms with E-state index in [1.54, 1.807) is 0 Å². The van der Waals surface area contributed by atoms with Crippen molar-refractivity contribution in [1.82, 2.24) is 0 Å². The fraction of sp³-hybridized carbons (Fsp3) is 0.700. The molecule has 2 rings (SSSR count). The highest BCUT2D eigenvalue weighted by atomic mass is 16.7. The second kappa shape index (κ2) is 8.01. The zero-order valence-electron chi connectivity index (χ0n) is 14.7. The van der Waals surface area contributed by atoms with Gasteiger partial charge in [-0.1, -0.05) is 52.2 Å². The number of rotatable bonds is 7. The molecule has 0 aliphatic heterocycles. The first-order valence-electron chi connectivity index (χ1n) is 8.97. The van der Waals surface area contributed by atoms with E-state index in [2.05, 4.69) is 52.0 Å². The SMILES string of the molecule is CCOC(Oc1ccc(C(C)CC)cc1)C1(C)CCCCC1. The molecule has 0 saturated heterocycles. The number of benzene rings is 1. The van der Waals surface area contributed by atoms with Gasteiger partial charge in [-0.2, -0.15) is 0 Å². The third-order valence-electron chi connectivity index (χ3n) is 5.19. The Morgan fingerprint density at radius 2 is 1.68 bits per heavy atom. The van der Waals surface area contributed by atoms with Gasteiger partial charge in [0.2, 0.25) is 6.29 Å². The molecular formula is C20H32O2. The summed E-state index contributed by atoms with van der Waals surface area (Å²) in [4.78, 5) is 0. The first-order valence-corrected chi connectivity index (χ1v) is 8.97. The Hall–Kier alpha value is -1.02. The molecule has 1 aliphatic rings. The lowest BCUT2D eigenvalue weighted by Gasteiger charge is -2.39. The monoisotopic (exact) mass is 304 g/mol. The minimum atomic E-state index is -0.132. The minimum absolute atomic E-state index is 0.132. The molecule has 0 N–H and O–H groups in total. The molecule has 2 atom stereocenters. The highest BCUT2D eigenvalue weighted by Gasteiger charge is 2.37. The molecule has 22 heavy (non-hydrogen) atoms. The Balaban J connectivity index is 2.07. The van der Waals surface area contributed by atoms with Crippen LogP contribution in [-0.2, 0) is 4.74 Å². The van der Waals surface area contributed by atoms with Gasteiger partial charge in [-0.3, -0.25) is 0 Å². The van der Waals surface area contributed by atoms with Gasteiger partial charge in [0.15, 0.2) is 0 Å². The maximum absolute atomic E-state index is 6.24. The van der Waals surface area contributed by atoms with Gasteiger partial charge >= 0.3 is 0 Å². The lowest BCUT2D eigenvalue weighted by atomic mass is 9.75. The van der Waals surface area contributed by atoms with Crippen molar-refractivity contribution in [2.45, 2.75) is 78.4 Å². The van der Waals surface area contributed by atoms with Crippen LogP contribution >= 0.6 is 0 Å². The summed E-state index contributed by atoms with van der Waals surface area (Å²) < 4.78 is 12.2. The maximum Gasteiger partial charge on any atom is 0.205 e. The van der Waals surface area contributed by atoms with Crippen LogP contribution in [0.25, 0.3) is 0 Å². The van der Waals surface area contributed by atoms with E-state index in [1.165, 1.54) is 44.1 Å². The fourth-order valence-electron chi connectivity index (χ4n) is 3.36. The van der Waals surface area contributed by atoms with Crippen molar-refractivity contribution in [2.75, 3.05) is 6.61 Å². The van der Waals surface area contributed by atoms with E-state index in [0.717, 1.165) is 5.75 Å². The zero-order chi connectivity index (χ0) is 16.0. The van der Waals surface area contributed by atoms with Gasteiger partial charge in [0.1, 0.15) is 5.75 Å². The summed E-state index contributed by atoms with van der Waals surface area (Å²) in [6.07, 6.45) is 7.35. The van der Waals surface area contributed by atoms with Crippen LogP contribution in [0.5, 0.6) is 5.75 Å². The number of hydrogen-bond acceptors (Lipinski definition) is 2. The van der Waals surface area contributed by atoms with Crippen LogP contribution in [0.4, 0.5) is 0 Å². The Kier molecular flexibility index (Phi) is 6.31. The molecule has 0 heterocycles. The average molecular weight is 304 g/mol. The molecule has 124 valence electrons. The average Bonchev–Trinajstić information content (AvgIpc) is 2.55. The Bertz CT molecular complexity index is 432. The molecule has 2 unspecified atom stereocenters. The van der Waals surface area contributed by atoms with Crippen molar-refractivity contribution in [3.63, 3.8) is 0 Å². The van der Waals surface area contributed by atoms with Gasteiger partial charge in [-0.25, -0.2) is 0 Å². The molecule has 2 heteroatoms. The fourth-order valence-corrected chi connectivity index (χ4v) is 3.36. The summed E-state index contributed by atoms with van der Waals surface area (Å²) in [6.45, 7) is 9.56. The first-order chi connectivity index (χ1) is 10.6. The summed E-state index contributed by atoms with van der Waals surface area (Å²) in [5, 5.41) is 0. The van der Waals surface area contributed by atoms with Crippen LogP contribution in [0.15, 0.2) is 24.3 Å². The van der Waals surface area contributed by atoms with E-state index < -0.39 is 0 Å². The molecule has 1 aromatic carbocycles. The van der Waals surface area contributed by atoms with Gasteiger partial charge in [-0.15, -0.1) is 0 Å². The quantitative estimate of drug-likeness (QED) is 0.583. The second-order valence-electron chi connectivity index (χ2n) is 7.00. The Morgan fingerprint density at radius 3 is 2.23 bits per heavy atom. The lowest BCUT2D eigenvalue weighted by molar-refractivity contribution is -0.159. The van der Waals surface area contributed by atoms with Crippen LogP contribution < -0.4 is 4.74 Å². The standard InChI is InChI=1S/C20H32O2/c1-5-16(3)17-10-12-18(13-11-17)22-19(21-6-2)20(4)14-8-7-9-15-20/h10-13,16,19H,5-9,14-15H2,1-4H3. The van der Waals surface area contributed by atoms with Crippen molar-refractivity contribution in [3.8, 4) is 5.75 Å². The van der Waals surface area contributed by atoms with Gasteiger partial charge in [-0.05, 0) is 49.8 Å². The van der Waals surface area contributed by atoms with Gasteiger partial charge in [0, 0.05) is 12.0 Å². The van der Waals surface area contributed by atoms with Gasteiger partial charge < -0.3 is 9.47 Å². The summed E-state index contributed by atoms with van der Waals surface area (Å²) >= 11 is 0. The topological polar surface area (TPSA) is 18.5 Å². The summed E-state index contributed by atoms with van der Waals surface area (Å²) in [5.74, 6) is 1.53. The van der Waals surface area contributed by atoms with Crippen LogP contribution in [-0.4, -0.2) is 12.9 Å². The molecule has 0 aromatic heterocycles. The largest absolute Gasteiger partial charge is 0.464 e. The minimum Gasteiger partial charge on any atom is -0.464 e. The van der Waals surface area contributed by atoms with Crippen molar-refractivity contribution in [2.24, 2.45) is 5.41 Å². The van der Waals surface area contributed by atoms with Crippen molar-refractivity contribution < 1.29 is 9.47 Å². The number of hydrogen-bond donors (Lipinski definition) is 0. The normalized spacial score (nSPS) is 20.4. The molecule has 1 aliphatic carbocycles. The molecule has 0 bridgehead atoms. The predicted molar refractivity (Wildman–Crippen MR) is 92.4 cm³/mol. The molecular weight excluding hydrogens is 272 g/mol. The second-order valence-corrected chi connectivity index (χ2v) is 7.00. The molecule has 1 aromatic rings. The van der Waals surface area contributed by atoms with Crippen molar-refractivity contribution >= 4 is 0 Å². The number of ether oxygens (including phenoxy) is 2. The van der Waals surface area contributed by atoms with E-state index in [-0.39, 0.29) is 11.7 Å².